The fourth-order valence-corrected chi connectivity index (χ4v) is 3.41. The Morgan fingerprint density at radius 1 is 1.26 bits per heavy atom. The van der Waals surface area contributed by atoms with Crippen LogP contribution in [0.25, 0.3) is 11.2 Å². The van der Waals surface area contributed by atoms with Gasteiger partial charge in [0.15, 0.2) is 17.4 Å². The lowest BCUT2D eigenvalue weighted by atomic mass is 10.1. The number of nitrogens with one attached hydrogen (secondary N) is 1. The molecule has 3 heterocycles. The highest BCUT2D eigenvalue weighted by atomic mass is 31.2. The molecule has 0 aliphatic carbocycles. The number of aromatic amines is 1. The summed E-state index contributed by atoms with van der Waals surface area (Å²) in [7, 11) is -4.76. The third-order valence-corrected chi connectivity index (χ3v) is 5.30. The Morgan fingerprint density at radius 3 is 2.39 bits per heavy atom. The molecule has 3 rings (SSSR count). The molecule has 0 spiro atoms. The molecule has 0 radical (unpaired) electrons. The summed E-state index contributed by atoms with van der Waals surface area (Å²) in [6.45, 7) is 9.47. The van der Waals surface area contributed by atoms with Gasteiger partial charge in [0.05, 0.1) is 12.9 Å². The first-order valence-electron chi connectivity index (χ1n) is 9.68. The molecule has 31 heavy (non-hydrogen) atoms. The van der Waals surface area contributed by atoms with E-state index in [1.165, 1.54) is 30.5 Å². The van der Waals surface area contributed by atoms with Crippen LogP contribution in [0.1, 0.15) is 27.0 Å². The van der Waals surface area contributed by atoms with Crippen molar-refractivity contribution in [1.29, 1.82) is 0 Å². The van der Waals surface area contributed by atoms with Crippen LogP contribution in [0.3, 0.4) is 0 Å². The van der Waals surface area contributed by atoms with E-state index in [2.05, 4.69) is 45.1 Å². The summed E-state index contributed by atoms with van der Waals surface area (Å²) in [5, 5.41) is 20.1. The Hall–Kier alpha value is -1.90. The van der Waals surface area contributed by atoms with E-state index in [9.17, 15) is 19.6 Å². The first-order chi connectivity index (χ1) is 14.5. The van der Waals surface area contributed by atoms with Crippen molar-refractivity contribution in [2.75, 3.05) is 32.0 Å². The van der Waals surface area contributed by atoms with Crippen molar-refractivity contribution in [1.82, 2.24) is 24.4 Å². The molecule has 1 fully saturated rings. The van der Waals surface area contributed by atoms with Crippen LogP contribution in [-0.2, 0) is 13.8 Å². The van der Waals surface area contributed by atoms with Gasteiger partial charge >= 0.3 is 7.82 Å². The van der Waals surface area contributed by atoms with Crippen molar-refractivity contribution in [2.24, 2.45) is 0 Å². The van der Waals surface area contributed by atoms with E-state index in [-0.39, 0.29) is 17.1 Å². The highest BCUT2D eigenvalue weighted by Crippen LogP contribution is 2.38. The predicted octanol–water partition coefficient (Wildman–Crippen LogP) is -1.22. The quantitative estimate of drug-likeness (QED) is 0.266. The highest BCUT2D eigenvalue weighted by Gasteiger charge is 2.45. The molecular formula is C16H29N6O8P. The lowest BCUT2D eigenvalue weighted by Gasteiger charge is -2.16. The van der Waals surface area contributed by atoms with E-state index in [1.54, 1.807) is 0 Å². The Bertz CT molecular complexity index is 952. The van der Waals surface area contributed by atoms with Crippen LogP contribution in [0, 0.1) is 0 Å². The van der Waals surface area contributed by atoms with Crippen LogP contribution < -0.4 is 11.3 Å². The third kappa shape index (κ3) is 6.30. The topological polar surface area (TPSA) is 209 Å². The number of nitrogens with two attached hydrogens (primary N) is 1. The monoisotopic (exact) mass is 464 g/mol. The van der Waals surface area contributed by atoms with Crippen LogP contribution in [0.4, 0.5) is 5.95 Å². The first kappa shape index (κ1) is 25.4. The molecule has 14 nitrogen and oxygen atoms in total. The summed E-state index contributed by atoms with van der Waals surface area (Å²) < 4.78 is 21.6. The van der Waals surface area contributed by atoms with Gasteiger partial charge in [0.25, 0.3) is 5.56 Å². The van der Waals surface area contributed by atoms with Gasteiger partial charge in [-0.1, -0.05) is 20.8 Å². The van der Waals surface area contributed by atoms with Crippen molar-refractivity contribution >= 4 is 24.9 Å². The SMILES string of the molecule is CCN(CC)CC.Nc1nc2c(ncn2[C@@H]2O[C@H](COP(=O)(O)O)[C@@H](O)[C@H]2O)c(=O)[nH]1. The highest BCUT2D eigenvalue weighted by molar-refractivity contribution is 7.46. The molecule has 1 saturated heterocycles. The number of nitrogen functional groups attached to an aromatic ring is 1. The third-order valence-electron chi connectivity index (χ3n) is 4.81. The number of ether oxygens (including phenoxy) is 1. The molecule has 15 heteroatoms. The van der Waals surface area contributed by atoms with Gasteiger partial charge in [0.2, 0.25) is 5.95 Å². The van der Waals surface area contributed by atoms with E-state index >= 15 is 0 Å². The number of nitrogens with zero attached hydrogens (tertiary/aromatic N) is 4. The fraction of sp³-hybridized carbons (Fsp3) is 0.688. The minimum atomic E-state index is -4.76. The second kappa shape index (κ2) is 10.6. The number of rotatable bonds is 7. The second-order valence-corrected chi connectivity index (χ2v) is 7.97. The molecule has 0 amide bonds. The Morgan fingerprint density at radius 2 is 1.87 bits per heavy atom. The molecule has 0 aromatic carbocycles. The number of H-pyrrole nitrogens is 1. The van der Waals surface area contributed by atoms with Crippen LogP contribution in [-0.4, -0.2) is 89.0 Å². The Labute approximate surface area is 177 Å². The van der Waals surface area contributed by atoms with Crippen LogP contribution in [0.2, 0.25) is 0 Å². The van der Waals surface area contributed by atoms with E-state index < -0.39 is 44.5 Å². The molecule has 2 aromatic rings. The van der Waals surface area contributed by atoms with Crippen molar-refractivity contribution in [2.45, 2.75) is 45.3 Å². The molecule has 0 unspecified atom stereocenters. The van der Waals surface area contributed by atoms with Gasteiger partial charge < -0.3 is 35.4 Å². The zero-order valence-electron chi connectivity index (χ0n) is 17.5. The number of aliphatic hydroxyl groups excluding tert-OH is 2. The molecule has 7 N–H and O–H groups in total. The van der Waals surface area contributed by atoms with Crippen molar-refractivity contribution in [3.05, 3.63) is 16.7 Å². The number of phosphoric ester groups is 1. The molecule has 0 bridgehead atoms. The molecule has 1 aliphatic rings. The van der Waals surface area contributed by atoms with Crippen molar-refractivity contribution in [3.8, 4) is 0 Å². The average Bonchev–Trinajstić information content (AvgIpc) is 3.23. The molecular weight excluding hydrogens is 435 g/mol. The zero-order chi connectivity index (χ0) is 23.3. The van der Waals surface area contributed by atoms with Crippen molar-refractivity contribution in [3.63, 3.8) is 0 Å². The maximum atomic E-state index is 11.7. The smallest absolute Gasteiger partial charge is 0.387 e. The number of anilines is 1. The van der Waals surface area contributed by atoms with Gasteiger partial charge in [0.1, 0.15) is 18.3 Å². The predicted molar refractivity (Wildman–Crippen MR) is 110 cm³/mol. The number of fused-ring (bicyclic) bond motifs is 1. The van der Waals surface area contributed by atoms with Gasteiger partial charge in [-0.25, -0.2) is 9.55 Å². The zero-order valence-corrected chi connectivity index (χ0v) is 18.3. The summed E-state index contributed by atoms with van der Waals surface area (Å²) in [6.07, 6.45) is -4.22. The first-order valence-corrected chi connectivity index (χ1v) is 11.2. The molecule has 2 aromatic heterocycles. The standard InChI is InChI=1S/C10H14N5O8P.C6H15N/c11-10-13-7-4(8(18)14-10)12-2-15(7)9-6(17)5(16)3(23-9)1-22-24(19,20)21;1-4-7(5-2)6-3/h2-3,5-6,9,16-17H,1H2,(H2,19,20,21)(H3,11,13,14,18);4-6H2,1-3H3/t3-,5-,6-,9-;/m1./s1. The van der Waals surface area contributed by atoms with Gasteiger partial charge in [-0.05, 0) is 19.6 Å². The van der Waals surface area contributed by atoms with Crippen LogP contribution in [0.15, 0.2) is 11.1 Å². The summed E-state index contributed by atoms with van der Waals surface area (Å²) >= 11 is 0. The lowest BCUT2D eigenvalue weighted by molar-refractivity contribution is -0.0503. The number of hydrogen-bond donors (Lipinski definition) is 6. The number of phosphoric acid groups is 1. The maximum Gasteiger partial charge on any atom is 0.469 e. The normalized spacial score (nSPS) is 23.9. The molecule has 0 saturated carbocycles. The van der Waals surface area contributed by atoms with Gasteiger partial charge in [0, 0.05) is 0 Å². The van der Waals surface area contributed by atoms with E-state index in [1.807, 2.05) is 0 Å². The fourth-order valence-electron chi connectivity index (χ4n) is 3.07. The molecule has 1 aliphatic heterocycles. The largest absolute Gasteiger partial charge is 0.469 e. The number of aromatic nitrogens is 4. The summed E-state index contributed by atoms with van der Waals surface area (Å²) in [5.74, 6) is -0.177. The second-order valence-electron chi connectivity index (χ2n) is 6.73. The lowest BCUT2D eigenvalue weighted by Crippen LogP contribution is -2.33. The number of hydrogen-bond acceptors (Lipinski definition) is 10. The van der Waals surface area contributed by atoms with Gasteiger partial charge in [-0.15, -0.1) is 0 Å². The minimum absolute atomic E-state index is 0.0176. The summed E-state index contributed by atoms with van der Waals surface area (Å²) in [5.41, 5.74) is 4.84. The molecule has 4 atom stereocenters. The van der Waals surface area contributed by atoms with Crippen LogP contribution in [0.5, 0.6) is 0 Å². The van der Waals surface area contributed by atoms with Gasteiger partial charge in [-0.2, -0.15) is 4.98 Å². The summed E-state index contributed by atoms with van der Waals surface area (Å²) in [6, 6.07) is 0. The number of imidazole rings is 1. The van der Waals surface area contributed by atoms with E-state index in [0.717, 1.165) is 0 Å². The molecule has 176 valence electrons. The number of aliphatic hydroxyl groups is 2. The van der Waals surface area contributed by atoms with Crippen LogP contribution >= 0.6 is 7.82 Å². The Kier molecular flexibility index (Phi) is 8.68. The van der Waals surface area contributed by atoms with E-state index in [0.29, 0.717) is 0 Å². The van der Waals surface area contributed by atoms with E-state index in [4.69, 9.17) is 20.3 Å². The van der Waals surface area contributed by atoms with Gasteiger partial charge in [-0.3, -0.25) is 18.9 Å². The summed E-state index contributed by atoms with van der Waals surface area (Å²) in [4.78, 5) is 41.5. The average molecular weight is 464 g/mol. The minimum Gasteiger partial charge on any atom is -0.387 e. The Balaban J connectivity index is 0.000000423. The van der Waals surface area contributed by atoms with Crippen molar-refractivity contribution < 1.29 is 33.8 Å². The maximum absolute atomic E-state index is 11.7.